The molecule has 1 saturated heterocycles. The molecule has 1 unspecified atom stereocenters. The molecule has 1 amide bonds. The molecule has 1 heterocycles. The second-order valence-electron chi connectivity index (χ2n) is 5.60. The van der Waals surface area contributed by atoms with Crippen molar-refractivity contribution in [2.75, 3.05) is 24.6 Å². The van der Waals surface area contributed by atoms with Crippen LogP contribution in [0.1, 0.15) is 51.9 Å². The van der Waals surface area contributed by atoms with Crippen LogP contribution in [-0.2, 0) is 14.6 Å². The van der Waals surface area contributed by atoms with E-state index in [1.165, 1.54) is 0 Å². The Morgan fingerprint density at radius 1 is 1.25 bits per heavy atom. The van der Waals surface area contributed by atoms with Crippen molar-refractivity contribution in [1.29, 1.82) is 0 Å². The Kier molecular flexibility index (Phi) is 7.51. The van der Waals surface area contributed by atoms with E-state index in [0.717, 1.165) is 32.1 Å². The molecule has 0 aliphatic carbocycles. The molecule has 2 N–H and O–H groups in total. The van der Waals surface area contributed by atoms with Gasteiger partial charge in [-0.1, -0.05) is 19.8 Å². The molecule has 118 valence electrons. The quantitative estimate of drug-likeness (QED) is 0.651. The van der Waals surface area contributed by atoms with E-state index < -0.39 is 9.84 Å². The number of nitrogens with two attached hydrogens (primary N) is 1. The molecule has 0 aromatic rings. The lowest BCUT2D eigenvalue weighted by Gasteiger charge is -2.28. The first-order valence-electron chi connectivity index (χ1n) is 7.70. The van der Waals surface area contributed by atoms with Crippen LogP contribution >= 0.6 is 0 Å². The van der Waals surface area contributed by atoms with Crippen LogP contribution in [0.3, 0.4) is 0 Å². The number of unbranched alkanes of at least 4 members (excludes halogenated alkanes) is 3. The maximum Gasteiger partial charge on any atom is 0.222 e. The Bertz CT molecular complexity index is 395. The van der Waals surface area contributed by atoms with Gasteiger partial charge in [0.25, 0.3) is 0 Å². The summed E-state index contributed by atoms with van der Waals surface area (Å²) in [6, 6.07) is -0.100. The van der Waals surface area contributed by atoms with Crippen molar-refractivity contribution in [2.45, 2.75) is 57.9 Å². The summed E-state index contributed by atoms with van der Waals surface area (Å²) in [6.45, 7) is 3.39. The summed E-state index contributed by atoms with van der Waals surface area (Å²) in [7, 11) is -2.93. The number of rotatable bonds is 9. The van der Waals surface area contributed by atoms with Gasteiger partial charge in [0.1, 0.15) is 0 Å². The summed E-state index contributed by atoms with van der Waals surface area (Å²) in [4.78, 5) is 14.1. The highest BCUT2D eigenvalue weighted by Gasteiger charge is 2.33. The third-order valence-electron chi connectivity index (χ3n) is 3.78. The van der Waals surface area contributed by atoms with Crippen LogP contribution in [0, 0.1) is 0 Å². The van der Waals surface area contributed by atoms with Crippen molar-refractivity contribution < 1.29 is 13.2 Å². The van der Waals surface area contributed by atoms with Gasteiger partial charge in [-0.15, -0.1) is 0 Å². The number of nitrogens with zero attached hydrogens (tertiary/aromatic N) is 1. The van der Waals surface area contributed by atoms with E-state index in [2.05, 4.69) is 0 Å². The number of amides is 1. The fraction of sp³-hybridized carbons (Fsp3) is 0.929. The SMILES string of the molecule is CCCN(C(=O)CCCCCCN)C1CCS(=O)(=O)C1. The number of hydrogen-bond donors (Lipinski definition) is 1. The third-order valence-corrected chi connectivity index (χ3v) is 5.53. The minimum Gasteiger partial charge on any atom is -0.339 e. The van der Waals surface area contributed by atoms with Gasteiger partial charge in [0, 0.05) is 19.0 Å². The van der Waals surface area contributed by atoms with Gasteiger partial charge in [-0.25, -0.2) is 8.42 Å². The Morgan fingerprint density at radius 3 is 2.50 bits per heavy atom. The molecule has 0 bridgehead atoms. The van der Waals surface area contributed by atoms with Crippen LogP contribution in [-0.4, -0.2) is 49.9 Å². The zero-order valence-electron chi connectivity index (χ0n) is 12.5. The molecule has 1 atom stereocenters. The second kappa shape index (κ2) is 8.62. The van der Waals surface area contributed by atoms with Crippen LogP contribution in [0.15, 0.2) is 0 Å². The van der Waals surface area contributed by atoms with Gasteiger partial charge in [-0.05, 0) is 32.2 Å². The largest absolute Gasteiger partial charge is 0.339 e. The fourth-order valence-corrected chi connectivity index (χ4v) is 4.42. The molecule has 1 rings (SSSR count). The number of hydrogen-bond acceptors (Lipinski definition) is 4. The van der Waals surface area contributed by atoms with Gasteiger partial charge in [0.2, 0.25) is 5.91 Å². The van der Waals surface area contributed by atoms with E-state index in [4.69, 9.17) is 5.73 Å². The highest BCUT2D eigenvalue weighted by Crippen LogP contribution is 2.19. The molecule has 0 aromatic carbocycles. The Balaban J connectivity index is 2.43. The molecule has 20 heavy (non-hydrogen) atoms. The minimum atomic E-state index is -2.93. The first kappa shape index (κ1) is 17.4. The molecule has 0 spiro atoms. The summed E-state index contributed by atoms with van der Waals surface area (Å²) >= 11 is 0. The van der Waals surface area contributed by atoms with Crippen molar-refractivity contribution in [3.05, 3.63) is 0 Å². The molecule has 0 saturated carbocycles. The van der Waals surface area contributed by atoms with Crippen LogP contribution in [0.2, 0.25) is 0 Å². The maximum absolute atomic E-state index is 12.3. The van der Waals surface area contributed by atoms with E-state index in [-0.39, 0.29) is 23.5 Å². The summed E-state index contributed by atoms with van der Waals surface area (Å²) in [6.07, 6.45) is 5.96. The lowest BCUT2D eigenvalue weighted by molar-refractivity contribution is -0.133. The lowest BCUT2D eigenvalue weighted by atomic mass is 10.1. The molecule has 0 radical (unpaired) electrons. The van der Waals surface area contributed by atoms with Gasteiger partial charge >= 0.3 is 0 Å². The maximum atomic E-state index is 12.3. The summed E-state index contributed by atoms with van der Waals surface area (Å²) < 4.78 is 23.1. The molecule has 6 heteroatoms. The van der Waals surface area contributed by atoms with Crippen molar-refractivity contribution in [2.24, 2.45) is 5.73 Å². The summed E-state index contributed by atoms with van der Waals surface area (Å²) in [5.41, 5.74) is 5.43. The predicted molar refractivity (Wildman–Crippen MR) is 81.2 cm³/mol. The molecule has 5 nitrogen and oxygen atoms in total. The molecule has 1 aliphatic rings. The normalized spacial score (nSPS) is 21.0. The monoisotopic (exact) mass is 304 g/mol. The highest BCUT2D eigenvalue weighted by atomic mass is 32.2. The fourth-order valence-electron chi connectivity index (χ4n) is 2.69. The van der Waals surface area contributed by atoms with Gasteiger partial charge in [0.05, 0.1) is 11.5 Å². The molecular formula is C14H28N2O3S. The molecule has 0 aromatic heterocycles. The Morgan fingerprint density at radius 2 is 1.95 bits per heavy atom. The standard InChI is InChI=1S/C14H28N2O3S/c1-2-10-16(13-8-11-20(18,19)12-13)14(17)7-5-3-4-6-9-15/h13H,2-12,15H2,1H3. The van der Waals surface area contributed by atoms with Gasteiger partial charge in [0.15, 0.2) is 9.84 Å². The van der Waals surface area contributed by atoms with Crippen LogP contribution in [0.25, 0.3) is 0 Å². The van der Waals surface area contributed by atoms with E-state index in [9.17, 15) is 13.2 Å². The zero-order chi connectivity index (χ0) is 15.0. The van der Waals surface area contributed by atoms with E-state index in [1.54, 1.807) is 4.90 Å². The topological polar surface area (TPSA) is 80.5 Å². The smallest absolute Gasteiger partial charge is 0.222 e. The van der Waals surface area contributed by atoms with Gasteiger partial charge in [-0.3, -0.25) is 4.79 Å². The average Bonchev–Trinajstić information content (AvgIpc) is 2.75. The van der Waals surface area contributed by atoms with Crippen molar-refractivity contribution in [1.82, 2.24) is 4.90 Å². The molecule has 1 fully saturated rings. The highest BCUT2D eigenvalue weighted by molar-refractivity contribution is 7.91. The van der Waals surface area contributed by atoms with Crippen molar-refractivity contribution in [3.63, 3.8) is 0 Å². The Hall–Kier alpha value is -0.620. The van der Waals surface area contributed by atoms with Crippen molar-refractivity contribution >= 4 is 15.7 Å². The minimum absolute atomic E-state index is 0.100. The summed E-state index contributed by atoms with van der Waals surface area (Å²) in [5.74, 6) is 0.481. The van der Waals surface area contributed by atoms with Crippen LogP contribution < -0.4 is 5.73 Å². The van der Waals surface area contributed by atoms with Crippen LogP contribution in [0.5, 0.6) is 0 Å². The van der Waals surface area contributed by atoms with Crippen LogP contribution in [0.4, 0.5) is 0 Å². The first-order valence-corrected chi connectivity index (χ1v) is 9.52. The predicted octanol–water partition coefficient (Wildman–Crippen LogP) is 1.32. The zero-order valence-corrected chi connectivity index (χ0v) is 13.3. The van der Waals surface area contributed by atoms with Crippen molar-refractivity contribution in [3.8, 4) is 0 Å². The summed E-state index contributed by atoms with van der Waals surface area (Å²) in [5, 5.41) is 0. The Labute approximate surface area is 122 Å². The van der Waals surface area contributed by atoms with Gasteiger partial charge in [-0.2, -0.15) is 0 Å². The lowest BCUT2D eigenvalue weighted by Crippen LogP contribution is -2.41. The van der Waals surface area contributed by atoms with E-state index in [0.29, 0.717) is 25.9 Å². The molecular weight excluding hydrogens is 276 g/mol. The number of sulfone groups is 1. The third kappa shape index (κ3) is 5.79. The second-order valence-corrected chi connectivity index (χ2v) is 7.83. The molecule has 1 aliphatic heterocycles. The van der Waals surface area contributed by atoms with E-state index in [1.807, 2.05) is 6.92 Å². The number of carbonyl (C=O) groups excluding carboxylic acids is 1. The average molecular weight is 304 g/mol. The number of carbonyl (C=O) groups is 1. The van der Waals surface area contributed by atoms with E-state index >= 15 is 0 Å². The van der Waals surface area contributed by atoms with Gasteiger partial charge < -0.3 is 10.6 Å². The first-order chi connectivity index (χ1) is 9.50.